The summed E-state index contributed by atoms with van der Waals surface area (Å²) in [6, 6.07) is 7.11. The summed E-state index contributed by atoms with van der Waals surface area (Å²) in [6.07, 6.45) is 1.17. The van der Waals surface area contributed by atoms with Crippen molar-refractivity contribution < 1.29 is 14.6 Å². The van der Waals surface area contributed by atoms with Gasteiger partial charge in [-0.2, -0.15) is 0 Å². The Balaban J connectivity index is 1.66. The maximum atomic E-state index is 11.8. The maximum Gasteiger partial charge on any atom is 0.224 e. The standard InChI is InChI=1S/C15H23N3O3/c16-12-3-5-13(6-4-12)17-15(20)2-1-7-18-8-9-21-14(10-18)11-19/h3-6,14,19H,1-2,7-11,16H2,(H,17,20). The van der Waals surface area contributed by atoms with E-state index in [9.17, 15) is 4.79 Å². The van der Waals surface area contributed by atoms with Crippen molar-refractivity contribution in [3.63, 3.8) is 0 Å². The van der Waals surface area contributed by atoms with Crippen molar-refractivity contribution in [2.75, 3.05) is 43.9 Å². The summed E-state index contributed by atoms with van der Waals surface area (Å²) in [5.74, 6) is 0.00624. The number of carbonyl (C=O) groups is 1. The first-order chi connectivity index (χ1) is 10.2. The molecule has 1 atom stereocenters. The molecule has 0 saturated carbocycles. The number of carbonyl (C=O) groups excluding carboxylic acids is 1. The Morgan fingerprint density at radius 2 is 2.19 bits per heavy atom. The van der Waals surface area contributed by atoms with E-state index in [1.807, 2.05) is 0 Å². The highest BCUT2D eigenvalue weighted by Crippen LogP contribution is 2.11. The molecule has 6 nitrogen and oxygen atoms in total. The Morgan fingerprint density at radius 3 is 2.90 bits per heavy atom. The molecule has 1 aliphatic heterocycles. The van der Waals surface area contributed by atoms with Gasteiger partial charge in [-0.1, -0.05) is 0 Å². The molecule has 0 aromatic heterocycles. The number of nitrogens with zero attached hydrogens (tertiary/aromatic N) is 1. The van der Waals surface area contributed by atoms with Crippen LogP contribution in [0, 0.1) is 0 Å². The normalized spacial score (nSPS) is 19.4. The Kier molecular flexibility index (Phi) is 5.98. The number of aliphatic hydroxyl groups excluding tert-OH is 1. The topological polar surface area (TPSA) is 87.8 Å². The lowest BCUT2D eigenvalue weighted by Crippen LogP contribution is -2.44. The van der Waals surface area contributed by atoms with Gasteiger partial charge in [0.1, 0.15) is 0 Å². The van der Waals surface area contributed by atoms with Gasteiger partial charge in [0.15, 0.2) is 0 Å². The van der Waals surface area contributed by atoms with Crippen LogP contribution in [0.3, 0.4) is 0 Å². The van der Waals surface area contributed by atoms with Gasteiger partial charge >= 0.3 is 0 Å². The molecule has 1 aromatic carbocycles. The van der Waals surface area contributed by atoms with Gasteiger partial charge in [-0.05, 0) is 37.2 Å². The van der Waals surface area contributed by atoms with Gasteiger partial charge in [-0.3, -0.25) is 9.69 Å². The van der Waals surface area contributed by atoms with Crippen molar-refractivity contribution in [1.82, 2.24) is 4.90 Å². The van der Waals surface area contributed by atoms with Gasteiger partial charge in [0.05, 0.1) is 19.3 Å². The number of aliphatic hydroxyl groups is 1. The number of benzene rings is 1. The lowest BCUT2D eigenvalue weighted by molar-refractivity contribution is -0.116. The predicted octanol–water partition coefficient (Wildman–Crippen LogP) is 0.681. The first-order valence-electron chi connectivity index (χ1n) is 7.27. The zero-order valence-corrected chi connectivity index (χ0v) is 12.1. The van der Waals surface area contributed by atoms with E-state index in [1.165, 1.54) is 0 Å². The van der Waals surface area contributed by atoms with Crippen LogP contribution in [-0.2, 0) is 9.53 Å². The molecule has 1 aliphatic rings. The Bertz CT molecular complexity index is 450. The van der Waals surface area contributed by atoms with E-state index in [0.717, 1.165) is 31.7 Å². The number of ether oxygens (including phenoxy) is 1. The Hall–Kier alpha value is -1.63. The molecular weight excluding hydrogens is 270 g/mol. The number of nitrogen functional groups attached to an aromatic ring is 1. The quantitative estimate of drug-likeness (QED) is 0.671. The van der Waals surface area contributed by atoms with E-state index in [1.54, 1.807) is 24.3 Å². The first kappa shape index (κ1) is 15.8. The summed E-state index contributed by atoms with van der Waals surface area (Å²) in [4.78, 5) is 14.1. The number of amides is 1. The second-order valence-electron chi connectivity index (χ2n) is 5.25. The molecule has 0 aliphatic carbocycles. The lowest BCUT2D eigenvalue weighted by atomic mass is 10.2. The lowest BCUT2D eigenvalue weighted by Gasteiger charge is -2.31. The number of nitrogens with one attached hydrogen (secondary N) is 1. The third kappa shape index (κ3) is 5.34. The molecule has 4 N–H and O–H groups in total. The molecule has 1 amide bonds. The number of morpholine rings is 1. The average molecular weight is 293 g/mol. The molecular formula is C15H23N3O3. The summed E-state index contributed by atoms with van der Waals surface area (Å²) in [5, 5.41) is 11.9. The molecule has 0 bridgehead atoms. The van der Waals surface area contributed by atoms with Crippen molar-refractivity contribution >= 4 is 17.3 Å². The molecule has 6 heteroatoms. The molecule has 0 spiro atoms. The third-order valence-electron chi connectivity index (χ3n) is 3.50. The van der Waals surface area contributed by atoms with Crippen LogP contribution in [0.4, 0.5) is 11.4 Å². The van der Waals surface area contributed by atoms with Crippen LogP contribution in [0.25, 0.3) is 0 Å². The average Bonchev–Trinajstić information content (AvgIpc) is 2.50. The number of nitrogens with two attached hydrogens (primary N) is 1. The zero-order valence-electron chi connectivity index (χ0n) is 12.1. The van der Waals surface area contributed by atoms with Gasteiger partial charge < -0.3 is 20.9 Å². The third-order valence-corrected chi connectivity index (χ3v) is 3.50. The van der Waals surface area contributed by atoms with Crippen LogP contribution in [0.2, 0.25) is 0 Å². The second kappa shape index (κ2) is 7.97. The van der Waals surface area contributed by atoms with Gasteiger partial charge in [0.2, 0.25) is 5.91 Å². The monoisotopic (exact) mass is 293 g/mol. The molecule has 1 unspecified atom stereocenters. The molecule has 0 radical (unpaired) electrons. The van der Waals surface area contributed by atoms with Crippen LogP contribution in [0.15, 0.2) is 24.3 Å². The van der Waals surface area contributed by atoms with Crippen LogP contribution in [-0.4, -0.2) is 54.9 Å². The molecule has 2 rings (SSSR count). The first-order valence-corrected chi connectivity index (χ1v) is 7.27. The van der Waals surface area contributed by atoms with E-state index < -0.39 is 0 Å². The number of hydrogen-bond donors (Lipinski definition) is 3. The van der Waals surface area contributed by atoms with Crippen molar-refractivity contribution in [2.24, 2.45) is 0 Å². The zero-order chi connectivity index (χ0) is 15.1. The van der Waals surface area contributed by atoms with Crippen LogP contribution < -0.4 is 11.1 Å². The maximum absolute atomic E-state index is 11.8. The summed E-state index contributed by atoms with van der Waals surface area (Å²) < 4.78 is 5.39. The van der Waals surface area contributed by atoms with E-state index >= 15 is 0 Å². The van der Waals surface area contributed by atoms with E-state index in [0.29, 0.717) is 18.7 Å². The molecule has 1 fully saturated rings. The summed E-state index contributed by atoms with van der Waals surface area (Å²) in [7, 11) is 0. The Morgan fingerprint density at radius 1 is 1.43 bits per heavy atom. The van der Waals surface area contributed by atoms with Crippen LogP contribution >= 0.6 is 0 Å². The van der Waals surface area contributed by atoms with Gasteiger partial charge in [0.25, 0.3) is 0 Å². The van der Waals surface area contributed by atoms with Crippen LogP contribution in [0.1, 0.15) is 12.8 Å². The molecule has 116 valence electrons. The van der Waals surface area contributed by atoms with E-state index in [4.69, 9.17) is 15.6 Å². The highest BCUT2D eigenvalue weighted by atomic mass is 16.5. The second-order valence-corrected chi connectivity index (χ2v) is 5.25. The van der Waals surface area contributed by atoms with Crippen molar-refractivity contribution in [3.8, 4) is 0 Å². The minimum Gasteiger partial charge on any atom is -0.399 e. The Labute approximate surface area is 124 Å². The van der Waals surface area contributed by atoms with Gasteiger partial charge in [-0.25, -0.2) is 0 Å². The number of hydrogen-bond acceptors (Lipinski definition) is 5. The molecule has 21 heavy (non-hydrogen) atoms. The van der Waals surface area contributed by atoms with Crippen molar-refractivity contribution in [3.05, 3.63) is 24.3 Å². The van der Waals surface area contributed by atoms with E-state index in [-0.39, 0.29) is 18.6 Å². The van der Waals surface area contributed by atoms with Gasteiger partial charge in [-0.15, -0.1) is 0 Å². The fraction of sp³-hybridized carbons (Fsp3) is 0.533. The molecule has 1 heterocycles. The minimum absolute atomic E-state index is 0.00624. The highest BCUT2D eigenvalue weighted by Gasteiger charge is 2.19. The molecule has 1 saturated heterocycles. The SMILES string of the molecule is Nc1ccc(NC(=O)CCCN2CCOC(CO)C2)cc1. The summed E-state index contributed by atoms with van der Waals surface area (Å²) in [6.45, 7) is 3.12. The number of rotatable bonds is 6. The van der Waals surface area contributed by atoms with Crippen molar-refractivity contribution in [1.29, 1.82) is 0 Å². The minimum atomic E-state index is -0.0950. The van der Waals surface area contributed by atoms with E-state index in [2.05, 4.69) is 10.2 Å². The number of anilines is 2. The summed E-state index contributed by atoms with van der Waals surface area (Å²) in [5.41, 5.74) is 7.04. The fourth-order valence-corrected chi connectivity index (χ4v) is 2.35. The fourth-order valence-electron chi connectivity index (χ4n) is 2.35. The van der Waals surface area contributed by atoms with Crippen molar-refractivity contribution in [2.45, 2.75) is 18.9 Å². The largest absolute Gasteiger partial charge is 0.399 e. The highest BCUT2D eigenvalue weighted by molar-refractivity contribution is 5.90. The molecule has 1 aromatic rings. The van der Waals surface area contributed by atoms with Gasteiger partial charge in [0, 0.05) is 30.9 Å². The van der Waals surface area contributed by atoms with Crippen LogP contribution in [0.5, 0.6) is 0 Å². The summed E-state index contributed by atoms with van der Waals surface area (Å²) >= 11 is 0. The predicted molar refractivity (Wildman–Crippen MR) is 82.0 cm³/mol. The smallest absolute Gasteiger partial charge is 0.224 e.